The minimum absolute atomic E-state index is 0.232. The van der Waals surface area contributed by atoms with E-state index in [4.69, 9.17) is 0 Å². The second-order valence-electron chi connectivity index (χ2n) is 5.37. The molecule has 0 amide bonds. The number of hydrogen-bond donors (Lipinski definition) is 2. The van der Waals surface area contributed by atoms with E-state index in [9.17, 15) is 13.2 Å². The number of rotatable bonds is 5. The summed E-state index contributed by atoms with van der Waals surface area (Å²) in [6, 6.07) is 6.79. The topological polar surface area (TPSA) is 49.8 Å². The largest absolute Gasteiger partial charge is 0.416 e. The van der Waals surface area contributed by atoms with Crippen molar-refractivity contribution in [1.82, 2.24) is 9.97 Å². The van der Waals surface area contributed by atoms with Gasteiger partial charge in [0.1, 0.15) is 5.82 Å². The predicted octanol–water partition coefficient (Wildman–Crippen LogP) is 4.76. The van der Waals surface area contributed by atoms with Crippen LogP contribution in [0.5, 0.6) is 0 Å². The molecule has 0 bridgehead atoms. The number of nitrogens with zero attached hydrogens (tertiary/aromatic N) is 2. The van der Waals surface area contributed by atoms with Crippen LogP contribution in [0.1, 0.15) is 31.5 Å². The Morgan fingerprint density at radius 2 is 1.78 bits per heavy atom. The number of halogens is 3. The highest BCUT2D eigenvalue weighted by Gasteiger charge is 2.29. The van der Waals surface area contributed by atoms with E-state index in [0.29, 0.717) is 17.5 Å². The van der Waals surface area contributed by atoms with E-state index < -0.39 is 11.7 Å². The Balaban J connectivity index is 2.16. The number of aryl methyl sites for hydroxylation is 1. The molecule has 0 radical (unpaired) electrons. The van der Waals surface area contributed by atoms with E-state index in [2.05, 4.69) is 27.5 Å². The van der Waals surface area contributed by atoms with Gasteiger partial charge in [0.05, 0.1) is 5.56 Å². The van der Waals surface area contributed by atoms with Gasteiger partial charge in [-0.2, -0.15) is 18.2 Å². The molecule has 0 aliphatic rings. The summed E-state index contributed by atoms with van der Waals surface area (Å²) in [5, 5.41) is 6.17. The minimum Gasteiger partial charge on any atom is -0.352 e. The summed E-state index contributed by atoms with van der Waals surface area (Å²) < 4.78 is 37.7. The summed E-state index contributed by atoms with van der Waals surface area (Å²) in [7, 11) is 0. The van der Waals surface area contributed by atoms with Gasteiger partial charge in [0, 0.05) is 23.5 Å². The van der Waals surface area contributed by atoms with E-state index in [1.54, 1.807) is 6.07 Å². The average molecular weight is 324 g/mol. The Labute approximate surface area is 133 Å². The van der Waals surface area contributed by atoms with E-state index in [0.717, 1.165) is 24.2 Å². The number of aromatic nitrogens is 2. The fourth-order valence-corrected chi connectivity index (χ4v) is 1.91. The molecular formula is C16H19F3N4. The smallest absolute Gasteiger partial charge is 0.352 e. The van der Waals surface area contributed by atoms with Crippen LogP contribution in [0.4, 0.5) is 30.6 Å². The van der Waals surface area contributed by atoms with Crippen LogP contribution < -0.4 is 10.6 Å². The van der Waals surface area contributed by atoms with Crippen LogP contribution in [0.25, 0.3) is 0 Å². The van der Waals surface area contributed by atoms with Crippen molar-refractivity contribution in [2.45, 2.75) is 39.4 Å². The molecular weight excluding hydrogens is 305 g/mol. The van der Waals surface area contributed by atoms with Gasteiger partial charge >= 0.3 is 6.18 Å². The first-order valence-corrected chi connectivity index (χ1v) is 7.34. The Morgan fingerprint density at radius 3 is 2.35 bits per heavy atom. The highest BCUT2D eigenvalue weighted by atomic mass is 19.4. The van der Waals surface area contributed by atoms with Crippen molar-refractivity contribution < 1.29 is 13.2 Å². The zero-order valence-electron chi connectivity index (χ0n) is 13.2. The Kier molecular flexibility index (Phi) is 5.08. The van der Waals surface area contributed by atoms with Crippen LogP contribution >= 0.6 is 0 Å². The van der Waals surface area contributed by atoms with Gasteiger partial charge in [-0.25, -0.2) is 4.98 Å². The highest BCUT2D eigenvalue weighted by molar-refractivity contribution is 5.58. The van der Waals surface area contributed by atoms with Gasteiger partial charge in [-0.15, -0.1) is 0 Å². The number of nitrogens with one attached hydrogen (secondary N) is 2. The lowest BCUT2D eigenvalue weighted by Gasteiger charge is -2.14. The first kappa shape index (κ1) is 17.1. The zero-order chi connectivity index (χ0) is 17.0. The van der Waals surface area contributed by atoms with E-state index in [1.165, 1.54) is 12.1 Å². The molecule has 124 valence electrons. The molecule has 0 spiro atoms. The molecule has 0 aliphatic carbocycles. The molecule has 1 aromatic carbocycles. The van der Waals surface area contributed by atoms with Gasteiger partial charge in [0.15, 0.2) is 0 Å². The summed E-state index contributed by atoms with van der Waals surface area (Å²) in [5.41, 5.74) is 0.617. The highest BCUT2D eigenvalue weighted by Crippen LogP contribution is 2.30. The van der Waals surface area contributed by atoms with Gasteiger partial charge in [-0.05, 0) is 44.5 Å². The first-order valence-electron chi connectivity index (χ1n) is 7.34. The van der Waals surface area contributed by atoms with Crippen molar-refractivity contribution in [2.75, 3.05) is 10.6 Å². The number of anilines is 3. The molecule has 2 aromatic rings. The van der Waals surface area contributed by atoms with Crippen molar-refractivity contribution in [3.8, 4) is 0 Å². The van der Waals surface area contributed by atoms with Crippen molar-refractivity contribution >= 4 is 17.5 Å². The Bertz CT molecular complexity index is 653. The maximum absolute atomic E-state index is 12.6. The van der Waals surface area contributed by atoms with E-state index >= 15 is 0 Å². The molecule has 1 atom stereocenters. The SMILES string of the molecule is CCC(C)Nc1nc(C)cc(Nc2ccc(C(F)(F)F)cc2)n1. The number of alkyl halides is 3. The summed E-state index contributed by atoms with van der Waals surface area (Å²) >= 11 is 0. The molecule has 23 heavy (non-hydrogen) atoms. The van der Waals surface area contributed by atoms with Gasteiger partial charge in [-0.1, -0.05) is 6.92 Å². The lowest BCUT2D eigenvalue weighted by atomic mass is 10.2. The van der Waals surface area contributed by atoms with Crippen LogP contribution in [0.15, 0.2) is 30.3 Å². The maximum Gasteiger partial charge on any atom is 0.416 e. The van der Waals surface area contributed by atoms with Gasteiger partial charge in [-0.3, -0.25) is 0 Å². The average Bonchev–Trinajstić information content (AvgIpc) is 2.46. The monoisotopic (exact) mass is 324 g/mol. The van der Waals surface area contributed by atoms with Crippen molar-refractivity contribution in [1.29, 1.82) is 0 Å². The van der Waals surface area contributed by atoms with E-state index in [-0.39, 0.29) is 6.04 Å². The van der Waals surface area contributed by atoms with Crippen LogP contribution in [0, 0.1) is 6.92 Å². The summed E-state index contributed by atoms with van der Waals surface area (Å²) in [5.74, 6) is 1.02. The Hall–Kier alpha value is -2.31. The van der Waals surface area contributed by atoms with Crippen LogP contribution in [0.3, 0.4) is 0 Å². The lowest BCUT2D eigenvalue weighted by Crippen LogP contribution is -2.16. The van der Waals surface area contributed by atoms with E-state index in [1.807, 2.05) is 13.8 Å². The molecule has 0 saturated heterocycles. The minimum atomic E-state index is -4.34. The summed E-state index contributed by atoms with van der Waals surface area (Å²) in [6.45, 7) is 5.91. The summed E-state index contributed by atoms with van der Waals surface area (Å²) in [6.07, 6.45) is -3.41. The quantitative estimate of drug-likeness (QED) is 0.833. The molecule has 2 rings (SSSR count). The van der Waals surface area contributed by atoms with Crippen LogP contribution in [-0.4, -0.2) is 16.0 Å². The molecule has 7 heteroatoms. The predicted molar refractivity (Wildman–Crippen MR) is 84.9 cm³/mol. The molecule has 1 aromatic heterocycles. The molecule has 0 fully saturated rings. The number of hydrogen-bond acceptors (Lipinski definition) is 4. The van der Waals surface area contributed by atoms with Crippen molar-refractivity contribution in [2.24, 2.45) is 0 Å². The maximum atomic E-state index is 12.6. The third-order valence-electron chi connectivity index (χ3n) is 3.33. The van der Waals surface area contributed by atoms with Crippen LogP contribution in [0.2, 0.25) is 0 Å². The summed E-state index contributed by atoms with van der Waals surface area (Å²) in [4.78, 5) is 8.63. The second kappa shape index (κ2) is 6.85. The van der Waals surface area contributed by atoms with Crippen molar-refractivity contribution in [3.05, 3.63) is 41.6 Å². The van der Waals surface area contributed by atoms with Gasteiger partial charge in [0.25, 0.3) is 0 Å². The first-order chi connectivity index (χ1) is 10.8. The second-order valence-corrected chi connectivity index (χ2v) is 5.37. The molecule has 0 aliphatic heterocycles. The molecule has 4 nitrogen and oxygen atoms in total. The van der Waals surface area contributed by atoms with Gasteiger partial charge in [0.2, 0.25) is 5.95 Å². The number of benzene rings is 1. The third-order valence-corrected chi connectivity index (χ3v) is 3.33. The fourth-order valence-electron chi connectivity index (χ4n) is 1.91. The normalized spacial score (nSPS) is 12.8. The van der Waals surface area contributed by atoms with Gasteiger partial charge < -0.3 is 10.6 Å². The van der Waals surface area contributed by atoms with Crippen LogP contribution in [-0.2, 0) is 6.18 Å². The van der Waals surface area contributed by atoms with Crippen molar-refractivity contribution in [3.63, 3.8) is 0 Å². The third kappa shape index (κ3) is 4.84. The Morgan fingerprint density at radius 1 is 1.13 bits per heavy atom. The lowest BCUT2D eigenvalue weighted by molar-refractivity contribution is -0.137. The fraction of sp³-hybridized carbons (Fsp3) is 0.375. The molecule has 0 saturated carbocycles. The molecule has 1 heterocycles. The molecule has 1 unspecified atom stereocenters. The standard InChI is InChI=1S/C16H19F3N4/c1-4-10(2)20-15-21-11(3)9-14(23-15)22-13-7-5-12(6-8-13)16(17,18)19/h5-10H,4H2,1-3H3,(H2,20,21,22,23). The zero-order valence-corrected chi connectivity index (χ0v) is 13.2. The molecule has 2 N–H and O–H groups in total.